The average Bonchev–Trinajstić information content (AvgIpc) is 3.03. The Balaban J connectivity index is 0.000000259. The Hall–Kier alpha value is -4.21. The van der Waals surface area contributed by atoms with Crippen molar-refractivity contribution in [3.63, 3.8) is 0 Å². The molecule has 0 aliphatic rings. The first-order valence-corrected chi connectivity index (χ1v) is 15.1. The molecule has 0 N–H and O–H groups in total. The Morgan fingerprint density at radius 1 is 0.489 bits per heavy atom. The third kappa shape index (κ3) is 12.7. The first-order chi connectivity index (χ1) is 21.3. The molecule has 226 valence electrons. The molecule has 0 spiro atoms. The molecule has 6 rings (SSSR count). The number of rotatable bonds is 4. The van der Waals surface area contributed by atoms with Gasteiger partial charge in [0.2, 0.25) is 0 Å². The minimum atomic E-state index is 0. The molecular weight excluding hydrogens is 711 g/mol. The predicted molar refractivity (Wildman–Crippen MR) is 192 cm³/mol. The molecule has 0 radical (unpaired) electrons. The maximum absolute atomic E-state index is 5.05. The maximum Gasteiger partial charge on any atom is 4.00 e. The molecule has 0 atom stereocenters. The van der Waals surface area contributed by atoms with Gasteiger partial charge < -0.3 is 5.32 Å². The molecule has 5 aromatic carbocycles. The monoisotopic (exact) mass is 756 g/mol. The summed E-state index contributed by atoms with van der Waals surface area (Å²) in [7, 11) is 0. The van der Waals surface area contributed by atoms with Crippen LogP contribution in [0.15, 0.2) is 146 Å². The van der Waals surface area contributed by atoms with Crippen LogP contribution in [-0.4, -0.2) is 4.98 Å². The Morgan fingerprint density at radius 3 is 1.27 bits per heavy atom. The van der Waals surface area contributed by atoms with Crippen LogP contribution in [-0.2, 0) is 25.8 Å². The fourth-order valence-corrected chi connectivity index (χ4v) is 4.37. The van der Waals surface area contributed by atoms with E-state index in [1.165, 1.54) is 11.1 Å². The number of fused-ring (bicyclic) bond motifs is 1. The van der Waals surface area contributed by atoms with Gasteiger partial charge in [-0.15, -0.1) is 47.8 Å². The van der Waals surface area contributed by atoms with E-state index in [1.807, 2.05) is 103 Å². The standard InChI is InChI=1S/C21H23N2.3C7H7.Hf/c1-14(2)17-10-6-11-18(15(3)4)21(17)23-19-12-5-8-16-9-7-13-22-20(16)19;3*1-7-5-3-2-4-6-7;/h5-15H,1-4H3;3*2-6H,1H2;/q4*-1;+4. The van der Waals surface area contributed by atoms with Gasteiger partial charge in [-0.2, -0.15) is 73.9 Å². The van der Waals surface area contributed by atoms with Crippen molar-refractivity contribution < 1.29 is 25.8 Å². The number of hydrogen-bond donors (Lipinski definition) is 0. The number of benzene rings is 5. The van der Waals surface area contributed by atoms with Crippen molar-refractivity contribution in [3.8, 4) is 0 Å². The minimum Gasteiger partial charge on any atom is -0.656 e. The second-order valence-electron chi connectivity index (χ2n) is 11.0. The maximum atomic E-state index is 5.05. The van der Waals surface area contributed by atoms with Crippen molar-refractivity contribution in [2.75, 3.05) is 0 Å². The second-order valence-corrected chi connectivity index (χ2v) is 11.0. The Labute approximate surface area is 290 Å². The van der Waals surface area contributed by atoms with Gasteiger partial charge in [-0.1, -0.05) is 99.5 Å². The van der Waals surface area contributed by atoms with Gasteiger partial charge in [0.1, 0.15) is 0 Å². The van der Waals surface area contributed by atoms with Crippen LogP contribution in [0.3, 0.4) is 0 Å². The molecule has 0 saturated carbocycles. The van der Waals surface area contributed by atoms with Gasteiger partial charge in [0.25, 0.3) is 0 Å². The zero-order chi connectivity index (χ0) is 31.7. The van der Waals surface area contributed by atoms with Gasteiger partial charge in [0.15, 0.2) is 0 Å². The number of pyridine rings is 1. The molecule has 0 saturated heterocycles. The molecule has 0 aliphatic heterocycles. The van der Waals surface area contributed by atoms with E-state index < -0.39 is 0 Å². The Bertz CT molecular complexity index is 1530. The summed E-state index contributed by atoms with van der Waals surface area (Å²) in [6, 6.07) is 46.4. The summed E-state index contributed by atoms with van der Waals surface area (Å²) in [5.41, 5.74) is 8.82. The molecule has 3 heteroatoms. The fourth-order valence-electron chi connectivity index (χ4n) is 4.37. The van der Waals surface area contributed by atoms with Crippen LogP contribution in [0.4, 0.5) is 11.4 Å². The van der Waals surface area contributed by atoms with Crippen molar-refractivity contribution >= 4 is 22.3 Å². The molecule has 1 heterocycles. The van der Waals surface area contributed by atoms with Gasteiger partial charge in [0, 0.05) is 6.20 Å². The van der Waals surface area contributed by atoms with E-state index in [4.69, 9.17) is 5.32 Å². The minimum absolute atomic E-state index is 0. The summed E-state index contributed by atoms with van der Waals surface area (Å²) in [6.07, 6.45) is 1.83. The largest absolute Gasteiger partial charge is 4.00 e. The molecule has 0 unspecified atom stereocenters. The molecular formula is C42H44HfN2. The van der Waals surface area contributed by atoms with E-state index in [1.54, 1.807) is 0 Å². The third-order valence-corrected chi connectivity index (χ3v) is 6.71. The van der Waals surface area contributed by atoms with E-state index in [0.29, 0.717) is 11.8 Å². The predicted octanol–water partition coefficient (Wildman–Crippen LogP) is 12.4. The molecule has 2 nitrogen and oxygen atoms in total. The topological polar surface area (TPSA) is 27.0 Å². The fraction of sp³-hybridized carbons (Fsp3) is 0.143. The SMILES string of the molecule is CC(C)c1cccc(C(C)C)c1[N-]c1cccc2cccnc12.[CH2-]c1ccccc1.[CH2-]c1ccccc1.[CH2-]c1ccccc1.[Hf+4]. The summed E-state index contributed by atoms with van der Waals surface area (Å²) < 4.78 is 0. The number of nitrogens with zero attached hydrogens (tertiary/aromatic N) is 2. The van der Waals surface area contributed by atoms with Crippen LogP contribution in [0.25, 0.3) is 16.2 Å². The number of para-hydroxylation sites is 2. The van der Waals surface area contributed by atoms with Crippen molar-refractivity contribution in [1.82, 2.24) is 4.98 Å². The van der Waals surface area contributed by atoms with Crippen LogP contribution in [0, 0.1) is 20.8 Å². The van der Waals surface area contributed by atoms with Crippen molar-refractivity contribution in [1.29, 1.82) is 0 Å². The zero-order valence-electron chi connectivity index (χ0n) is 27.0. The summed E-state index contributed by atoms with van der Waals surface area (Å²) >= 11 is 0. The van der Waals surface area contributed by atoms with E-state index in [0.717, 1.165) is 39.0 Å². The van der Waals surface area contributed by atoms with E-state index in [9.17, 15) is 0 Å². The van der Waals surface area contributed by atoms with E-state index in [2.05, 4.69) is 95.9 Å². The second kappa shape index (κ2) is 19.9. The first kappa shape index (κ1) is 37.0. The van der Waals surface area contributed by atoms with Crippen LogP contribution in [0.2, 0.25) is 0 Å². The normalized spacial score (nSPS) is 9.82. The Morgan fingerprint density at radius 2 is 0.889 bits per heavy atom. The third-order valence-electron chi connectivity index (χ3n) is 6.71. The smallest absolute Gasteiger partial charge is 0.656 e. The van der Waals surface area contributed by atoms with Gasteiger partial charge in [0.05, 0.1) is 5.52 Å². The van der Waals surface area contributed by atoms with Crippen molar-refractivity contribution in [2.45, 2.75) is 39.5 Å². The average molecular weight is 755 g/mol. The molecule has 0 aliphatic carbocycles. The molecule has 0 amide bonds. The molecule has 0 fully saturated rings. The van der Waals surface area contributed by atoms with Gasteiger partial charge >= 0.3 is 25.8 Å². The zero-order valence-corrected chi connectivity index (χ0v) is 30.6. The van der Waals surface area contributed by atoms with E-state index >= 15 is 0 Å². The van der Waals surface area contributed by atoms with Crippen LogP contribution in [0.5, 0.6) is 0 Å². The van der Waals surface area contributed by atoms with Gasteiger partial charge in [-0.05, 0) is 23.3 Å². The summed E-state index contributed by atoms with van der Waals surface area (Å²) in [4.78, 5) is 4.53. The van der Waals surface area contributed by atoms with Crippen LogP contribution < -0.4 is 0 Å². The van der Waals surface area contributed by atoms with Crippen molar-refractivity contribution in [2.24, 2.45) is 0 Å². The Kier molecular flexibility index (Phi) is 16.4. The van der Waals surface area contributed by atoms with Crippen molar-refractivity contribution in [3.05, 3.63) is 200 Å². The molecule has 45 heavy (non-hydrogen) atoms. The molecule has 6 aromatic rings. The quantitative estimate of drug-likeness (QED) is 0.130. The van der Waals surface area contributed by atoms with Crippen LogP contribution in [0.1, 0.15) is 67.3 Å². The van der Waals surface area contributed by atoms with E-state index in [-0.39, 0.29) is 25.8 Å². The summed E-state index contributed by atoms with van der Waals surface area (Å²) in [5, 5.41) is 6.18. The van der Waals surface area contributed by atoms with Crippen LogP contribution >= 0.6 is 0 Å². The summed E-state index contributed by atoms with van der Waals surface area (Å²) in [5.74, 6) is 0.880. The van der Waals surface area contributed by atoms with Gasteiger partial charge in [-0.3, -0.25) is 4.98 Å². The molecule has 1 aromatic heterocycles. The summed E-state index contributed by atoms with van der Waals surface area (Å²) in [6.45, 7) is 20.0. The molecule has 0 bridgehead atoms. The van der Waals surface area contributed by atoms with Gasteiger partial charge in [-0.25, -0.2) is 0 Å². The first-order valence-electron chi connectivity index (χ1n) is 15.1. The number of hydrogen-bond acceptors (Lipinski definition) is 1. The number of aromatic nitrogens is 1.